The van der Waals surface area contributed by atoms with Gasteiger partial charge in [0.05, 0.1) is 12.2 Å². The summed E-state index contributed by atoms with van der Waals surface area (Å²) in [6, 6.07) is 22.4. The number of carboxylic acid groups (broad SMARTS) is 1. The molecule has 2 N–H and O–H groups in total. The van der Waals surface area contributed by atoms with E-state index in [2.05, 4.69) is 5.32 Å². The number of hydrogen-bond acceptors (Lipinski definition) is 4. The number of ether oxygens (including phenoxy) is 2. The predicted octanol–water partition coefficient (Wildman–Crippen LogP) is 10.1. The zero-order valence-corrected chi connectivity index (χ0v) is 27.6. The Morgan fingerprint density at radius 2 is 1.31 bits per heavy atom. The SMILES string of the molecule is O=C(O)COc1c(-c2cccc(Cl)c2)cc(C(=O)NCCCCCCCCOCc2ccc(C(F)(F)F)cc2)cc1-c1cccc(Cl)c1. The number of carbonyl (C=O) groups is 2. The summed E-state index contributed by atoms with van der Waals surface area (Å²) in [5, 5.41) is 13.3. The summed E-state index contributed by atoms with van der Waals surface area (Å²) >= 11 is 12.6. The summed E-state index contributed by atoms with van der Waals surface area (Å²) in [6.45, 7) is 0.705. The van der Waals surface area contributed by atoms with Gasteiger partial charge in [0.25, 0.3) is 5.91 Å². The first kappa shape index (κ1) is 36.8. The van der Waals surface area contributed by atoms with Crippen molar-refractivity contribution < 1.29 is 37.3 Å². The van der Waals surface area contributed by atoms with E-state index < -0.39 is 24.3 Å². The highest BCUT2D eigenvalue weighted by Crippen LogP contribution is 2.41. The molecule has 4 aromatic carbocycles. The Bertz CT molecular complexity index is 1610. The second kappa shape index (κ2) is 17.9. The van der Waals surface area contributed by atoms with Crippen LogP contribution in [0.5, 0.6) is 5.75 Å². The lowest BCUT2D eigenvalue weighted by atomic mass is 9.94. The van der Waals surface area contributed by atoms with E-state index in [4.69, 9.17) is 32.7 Å². The maximum atomic E-state index is 13.4. The fourth-order valence-electron chi connectivity index (χ4n) is 5.11. The zero-order valence-electron chi connectivity index (χ0n) is 26.1. The van der Waals surface area contributed by atoms with Crippen molar-refractivity contribution in [2.75, 3.05) is 19.8 Å². The van der Waals surface area contributed by atoms with Gasteiger partial charge in [-0.05, 0) is 78.1 Å². The highest BCUT2D eigenvalue weighted by molar-refractivity contribution is 6.31. The van der Waals surface area contributed by atoms with Gasteiger partial charge in [0.1, 0.15) is 5.75 Å². The van der Waals surface area contributed by atoms with E-state index in [0.717, 1.165) is 50.7 Å². The maximum absolute atomic E-state index is 13.4. The summed E-state index contributed by atoms with van der Waals surface area (Å²) < 4.78 is 49.4. The van der Waals surface area contributed by atoms with Crippen molar-refractivity contribution in [3.63, 3.8) is 0 Å². The molecule has 48 heavy (non-hydrogen) atoms. The Labute approximate surface area is 287 Å². The molecule has 0 saturated carbocycles. The molecule has 0 aliphatic heterocycles. The van der Waals surface area contributed by atoms with E-state index in [-0.39, 0.29) is 12.5 Å². The van der Waals surface area contributed by atoms with E-state index >= 15 is 0 Å². The number of hydrogen-bond donors (Lipinski definition) is 2. The molecule has 11 heteroatoms. The Hall–Kier alpha value is -4.05. The van der Waals surface area contributed by atoms with Crippen molar-refractivity contribution in [2.45, 2.75) is 51.3 Å². The molecule has 254 valence electrons. The topological polar surface area (TPSA) is 84.9 Å². The third-order valence-corrected chi connectivity index (χ3v) is 7.98. The fraction of sp³-hybridized carbons (Fsp3) is 0.297. The lowest BCUT2D eigenvalue weighted by molar-refractivity contribution is -0.139. The molecule has 4 aromatic rings. The van der Waals surface area contributed by atoms with Gasteiger partial charge in [-0.2, -0.15) is 13.2 Å². The Balaban J connectivity index is 1.29. The van der Waals surface area contributed by atoms with Crippen LogP contribution in [-0.2, 0) is 22.3 Å². The highest BCUT2D eigenvalue weighted by atomic mass is 35.5. The molecule has 0 unspecified atom stereocenters. The van der Waals surface area contributed by atoms with Gasteiger partial charge in [-0.15, -0.1) is 0 Å². The van der Waals surface area contributed by atoms with Crippen LogP contribution in [0.2, 0.25) is 10.0 Å². The van der Waals surface area contributed by atoms with Crippen molar-refractivity contribution in [2.24, 2.45) is 0 Å². The molecule has 0 spiro atoms. The molecule has 0 bridgehead atoms. The van der Waals surface area contributed by atoms with Gasteiger partial charge in [0.2, 0.25) is 0 Å². The number of nitrogens with one attached hydrogen (secondary N) is 1. The minimum absolute atomic E-state index is 0.275. The Kier molecular flexibility index (Phi) is 13.7. The first-order chi connectivity index (χ1) is 23.0. The molecule has 4 rings (SSSR count). The molecule has 0 aliphatic carbocycles. The van der Waals surface area contributed by atoms with Crippen molar-refractivity contribution in [3.05, 3.63) is 112 Å². The molecular formula is C37H36Cl2F3NO5. The number of carboxylic acids is 1. The average molecular weight is 703 g/mol. The average Bonchev–Trinajstić information content (AvgIpc) is 3.05. The van der Waals surface area contributed by atoms with Crippen molar-refractivity contribution in [1.29, 1.82) is 0 Å². The quantitative estimate of drug-likeness (QED) is 0.107. The fourth-order valence-corrected chi connectivity index (χ4v) is 5.49. The van der Waals surface area contributed by atoms with Gasteiger partial charge >= 0.3 is 12.1 Å². The molecule has 6 nitrogen and oxygen atoms in total. The highest BCUT2D eigenvalue weighted by Gasteiger charge is 2.30. The number of halogens is 5. The van der Waals surface area contributed by atoms with Gasteiger partial charge in [0, 0.05) is 39.9 Å². The van der Waals surface area contributed by atoms with Crippen molar-refractivity contribution >= 4 is 35.1 Å². The molecule has 0 atom stereocenters. The lowest BCUT2D eigenvalue weighted by Gasteiger charge is -2.18. The summed E-state index contributed by atoms with van der Waals surface area (Å²) in [6.07, 6.45) is 1.18. The van der Waals surface area contributed by atoms with Gasteiger partial charge in [-0.25, -0.2) is 4.79 Å². The number of aliphatic carboxylic acids is 1. The second-order valence-corrected chi connectivity index (χ2v) is 12.1. The summed E-state index contributed by atoms with van der Waals surface area (Å²) in [7, 11) is 0. The number of alkyl halides is 3. The summed E-state index contributed by atoms with van der Waals surface area (Å²) in [4.78, 5) is 24.8. The molecule has 1 amide bonds. The summed E-state index contributed by atoms with van der Waals surface area (Å²) in [5.74, 6) is -1.13. The smallest absolute Gasteiger partial charge is 0.416 e. The molecule has 0 heterocycles. The normalized spacial score (nSPS) is 11.4. The predicted molar refractivity (Wildman–Crippen MR) is 182 cm³/mol. The van der Waals surface area contributed by atoms with Crippen LogP contribution in [0, 0.1) is 0 Å². The van der Waals surface area contributed by atoms with Crippen molar-refractivity contribution in [3.8, 4) is 28.0 Å². The number of unbranched alkanes of at least 4 members (excludes halogenated alkanes) is 5. The Morgan fingerprint density at radius 3 is 1.85 bits per heavy atom. The minimum atomic E-state index is -4.34. The van der Waals surface area contributed by atoms with Crippen LogP contribution in [0.25, 0.3) is 22.3 Å². The van der Waals surface area contributed by atoms with Crippen LogP contribution in [-0.4, -0.2) is 36.7 Å². The van der Waals surface area contributed by atoms with E-state index in [1.54, 1.807) is 48.5 Å². The molecule has 0 saturated heterocycles. The monoisotopic (exact) mass is 701 g/mol. The first-order valence-electron chi connectivity index (χ1n) is 15.6. The maximum Gasteiger partial charge on any atom is 0.416 e. The van der Waals surface area contributed by atoms with Gasteiger partial charge in [-0.3, -0.25) is 4.79 Å². The summed E-state index contributed by atoms with van der Waals surface area (Å²) in [5.41, 5.74) is 2.76. The number of benzene rings is 4. The minimum Gasteiger partial charge on any atom is -0.481 e. The number of carbonyl (C=O) groups excluding carboxylic acids is 1. The molecule has 0 aromatic heterocycles. The van der Waals surface area contributed by atoms with Crippen LogP contribution in [0.1, 0.15) is 60.0 Å². The van der Waals surface area contributed by atoms with Gasteiger partial charge in [0.15, 0.2) is 6.61 Å². The van der Waals surface area contributed by atoms with Crippen LogP contribution in [0.4, 0.5) is 13.2 Å². The van der Waals surface area contributed by atoms with E-state index in [1.165, 1.54) is 12.1 Å². The lowest BCUT2D eigenvalue weighted by Crippen LogP contribution is -2.24. The van der Waals surface area contributed by atoms with Gasteiger partial charge in [-0.1, -0.05) is 85.3 Å². The van der Waals surface area contributed by atoms with E-state index in [0.29, 0.717) is 62.3 Å². The van der Waals surface area contributed by atoms with Crippen LogP contribution < -0.4 is 10.1 Å². The molecule has 0 aliphatic rings. The van der Waals surface area contributed by atoms with E-state index in [9.17, 15) is 27.9 Å². The van der Waals surface area contributed by atoms with Crippen LogP contribution >= 0.6 is 23.2 Å². The van der Waals surface area contributed by atoms with E-state index in [1.807, 2.05) is 12.1 Å². The second-order valence-electron chi connectivity index (χ2n) is 11.2. The standard InChI is InChI=1S/C37H36Cl2F3NO5/c38-30-11-7-9-26(19-30)32-21-28(22-33(35(32)48-24-34(44)45)27-10-8-12-31(39)20-27)36(46)43-17-5-3-1-2-4-6-18-47-23-25-13-15-29(16-14-25)37(40,41)42/h7-16,19-22H,1-6,17-18,23-24H2,(H,43,46)(H,44,45). The van der Waals surface area contributed by atoms with Crippen molar-refractivity contribution in [1.82, 2.24) is 5.32 Å². The zero-order chi connectivity index (χ0) is 34.5. The third-order valence-electron chi connectivity index (χ3n) is 7.51. The number of rotatable bonds is 17. The Morgan fingerprint density at radius 1 is 0.750 bits per heavy atom. The van der Waals surface area contributed by atoms with Crippen LogP contribution in [0.3, 0.4) is 0 Å². The number of amides is 1. The van der Waals surface area contributed by atoms with Gasteiger partial charge < -0.3 is 19.9 Å². The van der Waals surface area contributed by atoms with Crippen LogP contribution in [0.15, 0.2) is 84.9 Å². The molecular weight excluding hydrogens is 666 g/mol. The molecule has 0 radical (unpaired) electrons. The largest absolute Gasteiger partial charge is 0.481 e. The molecule has 0 fully saturated rings. The third kappa shape index (κ3) is 11.3. The first-order valence-corrected chi connectivity index (χ1v) is 16.3.